The largest absolute Gasteiger partial charge is 0.465 e. The third-order valence-electron chi connectivity index (χ3n) is 2.34. The van der Waals surface area contributed by atoms with Gasteiger partial charge in [0.25, 0.3) is 0 Å². The van der Waals surface area contributed by atoms with E-state index in [1.54, 1.807) is 27.7 Å². The van der Waals surface area contributed by atoms with Crippen LogP contribution in [-0.2, 0) is 19.1 Å². The molecular formula is C16H22O4S. The van der Waals surface area contributed by atoms with Crippen molar-refractivity contribution in [3.63, 3.8) is 0 Å². The summed E-state index contributed by atoms with van der Waals surface area (Å²) in [4.78, 5) is 24.8. The molecule has 21 heavy (non-hydrogen) atoms. The van der Waals surface area contributed by atoms with Gasteiger partial charge < -0.3 is 9.47 Å². The van der Waals surface area contributed by atoms with Crippen LogP contribution in [0.3, 0.4) is 0 Å². The van der Waals surface area contributed by atoms with Crippen molar-refractivity contribution in [2.75, 3.05) is 6.61 Å². The SMILES string of the molecule is CCOC(=O)C(CC(=O)OC(C)(C)C)Sc1ccccc1. The van der Waals surface area contributed by atoms with E-state index in [1.165, 1.54) is 11.8 Å². The van der Waals surface area contributed by atoms with Crippen LogP contribution in [0.1, 0.15) is 34.1 Å². The number of rotatable bonds is 6. The van der Waals surface area contributed by atoms with Crippen molar-refractivity contribution in [2.24, 2.45) is 0 Å². The molecule has 0 aromatic heterocycles. The molecule has 0 N–H and O–H groups in total. The Labute approximate surface area is 130 Å². The molecule has 0 radical (unpaired) electrons. The van der Waals surface area contributed by atoms with Crippen LogP contribution in [0.25, 0.3) is 0 Å². The van der Waals surface area contributed by atoms with Crippen molar-refractivity contribution in [3.8, 4) is 0 Å². The first-order valence-corrected chi connectivity index (χ1v) is 7.80. The topological polar surface area (TPSA) is 52.6 Å². The number of carbonyl (C=O) groups is 2. The molecule has 5 heteroatoms. The average molecular weight is 310 g/mol. The summed E-state index contributed by atoms with van der Waals surface area (Å²) in [5.74, 6) is -0.791. The number of benzene rings is 1. The van der Waals surface area contributed by atoms with E-state index in [0.29, 0.717) is 6.61 Å². The van der Waals surface area contributed by atoms with Gasteiger partial charge in [0.05, 0.1) is 13.0 Å². The molecule has 0 saturated carbocycles. The Morgan fingerprint density at radius 3 is 2.33 bits per heavy atom. The molecule has 1 unspecified atom stereocenters. The quantitative estimate of drug-likeness (QED) is 0.595. The predicted octanol–water partition coefficient (Wildman–Crippen LogP) is 3.44. The fourth-order valence-electron chi connectivity index (χ4n) is 1.61. The number of carbonyl (C=O) groups excluding carboxylic acids is 2. The molecule has 1 rings (SSSR count). The molecule has 0 aliphatic carbocycles. The molecule has 116 valence electrons. The third-order valence-corrected chi connectivity index (χ3v) is 3.53. The van der Waals surface area contributed by atoms with E-state index >= 15 is 0 Å². The molecule has 0 aliphatic heterocycles. The Hall–Kier alpha value is -1.49. The van der Waals surface area contributed by atoms with Gasteiger partial charge in [0.1, 0.15) is 10.9 Å². The highest BCUT2D eigenvalue weighted by Gasteiger charge is 2.27. The second-order valence-corrected chi connectivity index (χ2v) is 6.74. The summed E-state index contributed by atoms with van der Waals surface area (Å²) in [6.07, 6.45) is -0.00430. The van der Waals surface area contributed by atoms with Gasteiger partial charge >= 0.3 is 11.9 Å². The second kappa shape index (κ2) is 8.08. The van der Waals surface area contributed by atoms with Gasteiger partial charge in [0.15, 0.2) is 0 Å². The number of ether oxygens (including phenoxy) is 2. The van der Waals surface area contributed by atoms with Gasteiger partial charge in [-0.15, -0.1) is 11.8 Å². The van der Waals surface area contributed by atoms with Crippen molar-refractivity contribution in [1.82, 2.24) is 0 Å². The highest BCUT2D eigenvalue weighted by molar-refractivity contribution is 8.00. The molecule has 0 aliphatic rings. The summed E-state index contributed by atoms with van der Waals surface area (Å²) in [5, 5.41) is -0.595. The lowest BCUT2D eigenvalue weighted by molar-refractivity contribution is -0.157. The van der Waals surface area contributed by atoms with Crippen LogP contribution >= 0.6 is 11.8 Å². The summed E-state index contributed by atoms with van der Waals surface area (Å²) < 4.78 is 10.3. The molecule has 0 saturated heterocycles. The lowest BCUT2D eigenvalue weighted by Gasteiger charge is -2.21. The van der Waals surface area contributed by atoms with Gasteiger partial charge in [0.2, 0.25) is 0 Å². The van der Waals surface area contributed by atoms with E-state index in [2.05, 4.69) is 0 Å². The van der Waals surface area contributed by atoms with Crippen molar-refractivity contribution in [1.29, 1.82) is 0 Å². The molecular weight excluding hydrogens is 288 g/mol. The zero-order valence-electron chi connectivity index (χ0n) is 12.9. The Bertz CT molecular complexity index is 465. The van der Waals surface area contributed by atoms with Crippen LogP contribution in [-0.4, -0.2) is 29.4 Å². The van der Waals surface area contributed by atoms with E-state index in [1.807, 2.05) is 30.3 Å². The fourth-order valence-corrected chi connectivity index (χ4v) is 2.63. The van der Waals surface area contributed by atoms with Crippen LogP contribution in [0.5, 0.6) is 0 Å². The molecule has 4 nitrogen and oxygen atoms in total. The average Bonchev–Trinajstić information content (AvgIpc) is 2.37. The molecule has 1 aromatic rings. The molecule has 0 spiro atoms. The van der Waals surface area contributed by atoms with Gasteiger partial charge in [-0.2, -0.15) is 0 Å². The lowest BCUT2D eigenvalue weighted by Crippen LogP contribution is -2.29. The highest BCUT2D eigenvalue weighted by Crippen LogP contribution is 2.27. The van der Waals surface area contributed by atoms with E-state index in [-0.39, 0.29) is 6.42 Å². The van der Waals surface area contributed by atoms with Gasteiger partial charge in [-0.25, -0.2) is 0 Å². The maximum atomic E-state index is 12.0. The summed E-state index contributed by atoms with van der Waals surface area (Å²) in [7, 11) is 0. The minimum absolute atomic E-state index is 0.00430. The summed E-state index contributed by atoms with van der Waals surface area (Å²) >= 11 is 1.32. The van der Waals surface area contributed by atoms with Gasteiger partial charge in [-0.05, 0) is 39.8 Å². The number of hydrogen-bond acceptors (Lipinski definition) is 5. The van der Waals surface area contributed by atoms with Gasteiger partial charge in [-0.3, -0.25) is 9.59 Å². The molecule has 1 atom stereocenters. The summed E-state index contributed by atoms with van der Waals surface area (Å²) in [6, 6.07) is 9.46. The number of esters is 2. The van der Waals surface area contributed by atoms with Gasteiger partial charge in [-0.1, -0.05) is 18.2 Å². The zero-order chi connectivity index (χ0) is 15.9. The lowest BCUT2D eigenvalue weighted by atomic mass is 10.2. The smallest absolute Gasteiger partial charge is 0.320 e. The first kappa shape index (κ1) is 17.6. The minimum Gasteiger partial charge on any atom is -0.465 e. The van der Waals surface area contributed by atoms with Crippen molar-refractivity contribution in [3.05, 3.63) is 30.3 Å². The fraction of sp³-hybridized carbons (Fsp3) is 0.500. The van der Waals surface area contributed by atoms with Crippen LogP contribution < -0.4 is 0 Å². The molecule has 0 bridgehead atoms. The van der Waals surface area contributed by atoms with Crippen LogP contribution in [0.2, 0.25) is 0 Å². The maximum absolute atomic E-state index is 12.0. The Morgan fingerprint density at radius 1 is 1.19 bits per heavy atom. The van der Waals surface area contributed by atoms with Crippen LogP contribution in [0, 0.1) is 0 Å². The molecule has 0 fully saturated rings. The van der Waals surface area contributed by atoms with E-state index in [9.17, 15) is 9.59 Å². The first-order chi connectivity index (χ1) is 9.81. The third kappa shape index (κ3) is 7.18. The Kier molecular flexibility index (Phi) is 6.75. The van der Waals surface area contributed by atoms with Crippen molar-refractivity contribution in [2.45, 2.75) is 49.9 Å². The van der Waals surface area contributed by atoms with Crippen molar-refractivity contribution < 1.29 is 19.1 Å². The number of thioether (sulfide) groups is 1. The minimum atomic E-state index is -0.595. The van der Waals surface area contributed by atoms with Crippen molar-refractivity contribution >= 4 is 23.7 Å². The zero-order valence-corrected chi connectivity index (χ0v) is 13.7. The van der Waals surface area contributed by atoms with E-state index < -0.39 is 22.8 Å². The van der Waals surface area contributed by atoms with E-state index in [0.717, 1.165) is 4.90 Å². The number of hydrogen-bond donors (Lipinski definition) is 0. The highest BCUT2D eigenvalue weighted by atomic mass is 32.2. The van der Waals surface area contributed by atoms with Crippen LogP contribution in [0.4, 0.5) is 0 Å². The summed E-state index contributed by atoms with van der Waals surface area (Å²) in [6.45, 7) is 7.44. The predicted molar refractivity (Wildman–Crippen MR) is 83.2 cm³/mol. The van der Waals surface area contributed by atoms with Gasteiger partial charge in [0, 0.05) is 4.90 Å². The molecule has 1 aromatic carbocycles. The Morgan fingerprint density at radius 2 is 1.81 bits per heavy atom. The summed E-state index contributed by atoms with van der Waals surface area (Å²) in [5.41, 5.74) is -0.562. The maximum Gasteiger partial charge on any atom is 0.320 e. The van der Waals surface area contributed by atoms with Crippen LogP contribution in [0.15, 0.2) is 35.2 Å². The normalized spacial score (nSPS) is 12.6. The first-order valence-electron chi connectivity index (χ1n) is 6.92. The molecule has 0 heterocycles. The van der Waals surface area contributed by atoms with E-state index in [4.69, 9.17) is 9.47 Å². The second-order valence-electron chi connectivity index (χ2n) is 5.46. The Balaban J connectivity index is 2.73. The molecule has 0 amide bonds. The standard InChI is InChI=1S/C16H22O4S/c1-5-19-15(18)13(11-14(17)20-16(2,3)4)21-12-9-7-6-8-10-12/h6-10,13H,5,11H2,1-4H3. The monoisotopic (exact) mass is 310 g/mol.